The van der Waals surface area contributed by atoms with Crippen LogP contribution in [0.4, 0.5) is 0 Å². The van der Waals surface area contributed by atoms with E-state index >= 15 is 0 Å². The van der Waals surface area contributed by atoms with Crippen molar-refractivity contribution in [2.24, 2.45) is 5.92 Å². The summed E-state index contributed by atoms with van der Waals surface area (Å²) in [5.41, 5.74) is 0.840. The number of hydrogen-bond acceptors (Lipinski definition) is 3. The third-order valence-electron chi connectivity index (χ3n) is 2.80. The zero-order valence-electron chi connectivity index (χ0n) is 8.52. The average molecular weight is 209 g/mol. The van der Waals surface area contributed by atoms with Crippen LogP contribution in [0.25, 0.3) is 0 Å². The fraction of sp³-hybridized carbons (Fsp3) is 0.600. The predicted molar refractivity (Wildman–Crippen MR) is 54.1 cm³/mol. The summed E-state index contributed by atoms with van der Waals surface area (Å²) in [7, 11) is 0. The van der Waals surface area contributed by atoms with E-state index in [1.165, 1.54) is 0 Å². The fourth-order valence-electron chi connectivity index (χ4n) is 1.87. The van der Waals surface area contributed by atoms with Crippen molar-refractivity contribution >= 4 is 5.91 Å². The minimum atomic E-state index is 0.107. The summed E-state index contributed by atoms with van der Waals surface area (Å²) in [6.45, 7) is 1.62. The second kappa shape index (κ2) is 4.44. The van der Waals surface area contributed by atoms with Crippen LogP contribution in [0, 0.1) is 5.92 Å². The van der Waals surface area contributed by atoms with Gasteiger partial charge in [-0.15, -0.1) is 0 Å². The maximum Gasteiger partial charge on any atom is 0.228 e. The number of nitrogens with one attached hydrogen (secondary N) is 1. The van der Waals surface area contributed by atoms with Crippen molar-refractivity contribution in [2.45, 2.75) is 12.8 Å². The minimum Gasteiger partial charge on any atom is -0.396 e. The molecule has 1 unspecified atom stereocenters. The van der Waals surface area contributed by atoms with Gasteiger partial charge in [-0.05, 0) is 12.5 Å². The lowest BCUT2D eigenvalue weighted by Gasteiger charge is -2.15. The number of aliphatic hydroxyl groups is 1. The van der Waals surface area contributed by atoms with Crippen molar-refractivity contribution in [1.82, 2.24) is 15.1 Å². The molecule has 5 heteroatoms. The lowest BCUT2D eigenvalue weighted by molar-refractivity contribution is -0.129. The Morgan fingerprint density at radius 3 is 3.20 bits per heavy atom. The highest BCUT2D eigenvalue weighted by atomic mass is 16.3. The number of hydrogen-bond donors (Lipinski definition) is 2. The molecule has 1 aromatic heterocycles. The largest absolute Gasteiger partial charge is 0.396 e. The standard InChI is InChI=1S/C10H15N3O2/c14-7-8-2-4-13(6-8)10(15)5-9-1-3-11-12-9/h1,3,8,14H,2,4-7H2,(H,11,12). The zero-order valence-corrected chi connectivity index (χ0v) is 8.52. The van der Waals surface area contributed by atoms with E-state index in [1.54, 1.807) is 12.3 Å². The third kappa shape index (κ3) is 2.36. The first-order valence-electron chi connectivity index (χ1n) is 5.16. The summed E-state index contributed by atoms with van der Waals surface area (Å²) in [5, 5.41) is 15.5. The molecule has 0 aromatic carbocycles. The van der Waals surface area contributed by atoms with Crippen LogP contribution in [0.2, 0.25) is 0 Å². The molecule has 1 saturated heterocycles. The van der Waals surface area contributed by atoms with Crippen molar-refractivity contribution < 1.29 is 9.90 Å². The zero-order chi connectivity index (χ0) is 10.7. The summed E-state index contributed by atoms with van der Waals surface area (Å²) in [5.74, 6) is 0.367. The third-order valence-corrected chi connectivity index (χ3v) is 2.80. The van der Waals surface area contributed by atoms with E-state index in [4.69, 9.17) is 5.11 Å². The number of H-pyrrole nitrogens is 1. The first-order chi connectivity index (χ1) is 7.29. The van der Waals surface area contributed by atoms with Gasteiger partial charge in [-0.3, -0.25) is 9.89 Å². The number of likely N-dealkylation sites (tertiary alicyclic amines) is 1. The lowest BCUT2D eigenvalue weighted by atomic mass is 10.1. The number of rotatable bonds is 3. The number of carbonyl (C=O) groups excluding carboxylic acids is 1. The van der Waals surface area contributed by atoms with Gasteiger partial charge in [0.15, 0.2) is 0 Å². The monoisotopic (exact) mass is 209 g/mol. The van der Waals surface area contributed by atoms with E-state index in [-0.39, 0.29) is 18.4 Å². The topological polar surface area (TPSA) is 69.2 Å². The van der Waals surface area contributed by atoms with E-state index in [2.05, 4.69) is 10.2 Å². The van der Waals surface area contributed by atoms with Crippen LogP contribution in [-0.4, -0.2) is 45.8 Å². The van der Waals surface area contributed by atoms with E-state index in [0.717, 1.165) is 18.7 Å². The van der Waals surface area contributed by atoms with Crippen LogP contribution in [0.3, 0.4) is 0 Å². The van der Waals surface area contributed by atoms with Crippen molar-refractivity contribution in [3.8, 4) is 0 Å². The molecule has 2 heterocycles. The maximum absolute atomic E-state index is 11.8. The molecular weight excluding hydrogens is 194 g/mol. The molecule has 1 aliphatic heterocycles. The van der Waals surface area contributed by atoms with Gasteiger partial charge in [0.2, 0.25) is 5.91 Å². The first kappa shape index (κ1) is 10.2. The Labute approximate surface area is 88.1 Å². The smallest absolute Gasteiger partial charge is 0.228 e. The average Bonchev–Trinajstić information content (AvgIpc) is 2.86. The minimum absolute atomic E-state index is 0.107. The fourth-order valence-corrected chi connectivity index (χ4v) is 1.87. The van der Waals surface area contributed by atoms with Gasteiger partial charge in [0.05, 0.1) is 6.42 Å². The Morgan fingerprint density at radius 1 is 1.73 bits per heavy atom. The molecule has 15 heavy (non-hydrogen) atoms. The molecule has 0 bridgehead atoms. The predicted octanol–water partition coefficient (Wildman–Crippen LogP) is -0.207. The van der Waals surface area contributed by atoms with Gasteiger partial charge in [-0.2, -0.15) is 5.10 Å². The molecule has 2 N–H and O–H groups in total. The second-order valence-electron chi connectivity index (χ2n) is 3.94. The summed E-state index contributed by atoms with van der Waals surface area (Å²) >= 11 is 0. The van der Waals surface area contributed by atoms with Gasteiger partial charge in [0.1, 0.15) is 0 Å². The van der Waals surface area contributed by atoms with Gasteiger partial charge >= 0.3 is 0 Å². The number of aromatic nitrogens is 2. The van der Waals surface area contributed by atoms with E-state index in [1.807, 2.05) is 4.90 Å². The summed E-state index contributed by atoms with van der Waals surface area (Å²) < 4.78 is 0. The molecule has 1 atom stereocenters. The Bertz CT molecular complexity index is 323. The highest BCUT2D eigenvalue weighted by molar-refractivity contribution is 5.78. The molecule has 1 amide bonds. The molecule has 0 saturated carbocycles. The number of aliphatic hydroxyl groups excluding tert-OH is 1. The van der Waals surface area contributed by atoms with Crippen molar-refractivity contribution in [3.63, 3.8) is 0 Å². The number of amides is 1. The van der Waals surface area contributed by atoms with Crippen LogP contribution >= 0.6 is 0 Å². The van der Waals surface area contributed by atoms with Gasteiger partial charge in [-0.1, -0.05) is 0 Å². The number of nitrogens with zero attached hydrogens (tertiary/aromatic N) is 2. The summed E-state index contributed by atoms with van der Waals surface area (Å²) in [6.07, 6.45) is 2.92. The molecule has 1 aromatic rings. The Morgan fingerprint density at radius 2 is 2.60 bits per heavy atom. The lowest BCUT2D eigenvalue weighted by Crippen LogP contribution is -2.30. The molecule has 1 fully saturated rings. The Kier molecular flexibility index (Phi) is 3.01. The molecular formula is C10H15N3O2. The van der Waals surface area contributed by atoms with Crippen molar-refractivity contribution in [1.29, 1.82) is 0 Å². The molecule has 0 radical (unpaired) electrons. The van der Waals surface area contributed by atoms with Crippen molar-refractivity contribution in [2.75, 3.05) is 19.7 Å². The van der Waals surface area contributed by atoms with Gasteiger partial charge in [-0.25, -0.2) is 0 Å². The van der Waals surface area contributed by atoms with E-state index in [0.29, 0.717) is 13.0 Å². The van der Waals surface area contributed by atoms with Crippen LogP contribution in [0.5, 0.6) is 0 Å². The maximum atomic E-state index is 11.8. The van der Waals surface area contributed by atoms with Crippen LogP contribution in [0.1, 0.15) is 12.1 Å². The molecule has 0 spiro atoms. The SMILES string of the molecule is O=C(Cc1ccn[nH]1)N1CCC(CO)C1. The normalized spacial score (nSPS) is 20.9. The van der Waals surface area contributed by atoms with Gasteiger partial charge < -0.3 is 10.0 Å². The second-order valence-corrected chi connectivity index (χ2v) is 3.94. The number of carbonyl (C=O) groups is 1. The highest BCUT2D eigenvalue weighted by Crippen LogP contribution is 2.16. The molecule has 0 aliphatic carbocycles. The van der Waals surface area contributed by atoms with Crippen molar-refractivity contribution in [3.05, 3.63) is 18.0 Å². The quantitative estimate of drug-likeness (QED) is 0.724. The van der Waals surface area contributed by atoms with Crippen LogP contribution in [0.15, 0.2) is 12.3 Å². The van der Waals surface area contributed by atoms with E-state index in [9.17, 15) is 4.79 Å². The molecule has 82 valence electrons. The molecule has 5 nitrogen and oxygen atoms in total. The van der Waals surface area contributed by atoms with Gasteiger partial charge in [0, 0.05) is 37.5 Å². The molecule has 2 rings (SSSR count). The first-order valence-corrected chi connectivity index (χ1v) is 5.16. The number of aromatic amines is 1. The summed E-state index contributed by atoms with van der Waals surface area (Å²) in [4.78, 5) is 13.6. The van der Waals surface area contributed by atoms with Crippen LogP contribution in [-0.2, 0) is 11.2 Å². The Balaban J connectivity index is 1.87. The Hall–Kier alpha value is -1.36. The van der Waals surface area contributed by atoms with E-state index < -0.39 is 0 Å². The van der Waals surface area contributed by atoms with Gasteiger partial charge in [0.25, 0.3) is 0 Å². The molecule has 1 aliphatic rings. The summed E-state index contributed by atoms with van der Waals surface area (Å²) in [6, 6.07) is 1.80. The van der Waals surface area contributed by atoms with Crippen LogP contribution < -0.4 is 0 Å². The highest BCUT2D eigenvalue weighted by Gasteiger charge is 2.25.